The molecule has 2 amide bonds. The van der Waals surface area contributed by atoms with Crippen molar-refractivity contribution < 1.29 is 19.2 Å². The molecular weight excluding hydrogens is 322 g/mol. The number of rotatable bonds is 5. The Morgan fingerprint density at radius 1 is 1.24 bits per heavy atom. The van der Waals surface area contributed by atoms with Crippen molar-refractivity contribution in [3.05, 3.63) is 0 Å². The molecule has 2 aliphatic heterocycles. The predicted molar refractivity (Wildman–Crippen MR) is 90.7 cm³/mol. The third-order valence-corrected chi connectivity index (χ3v) is 5.78. The molecule has 1 aliphatic carbocycles. The van der Waals surface area contributed by atoms with Crippen LogP contribution in [0.3, 0.4) is 0 Å². The fraction of sp³-hybridized carbons (Fsp3) is 0.778. The van der Waals surface area contributed by atoms with E-state index in [0.717, 1.165) is 19.3 Å². The summed E-state index contributed by atoms with van der Waals surface area (Å²) in [4.78, 5) is 49.7. The fourth-order valence-electron chi connectivity index (χ4n) is 4.38. The topological polar surface area (TPSA) is 104 Å². The van der Waals surface area contributed by atoms with Crippen molar-refractivity contribution in [3.8, 4) is 0 Å². The second-order valence-electron chi connectivity index (χ2n) is 7.63. The minimum atomic E-state index is -0.824. The van der Waals surface area contributed by atoms with Crippen LogP contribution in [-0.2, 0) is 19.2 Å². The number of Topliss-reactive ketones (excluding diaryl/α,β-unsaturated/α-hetero) is 2. The number of piperidine rings is 1. The van der Waals surface area contributed by atoms with E-state index in [2.05, 4.69) is 22.9 Å². The van der Waals surface area contributed by atoms with Crippen molar-refractivity contribution in [2.45, 2.75) is 76.4 Å². The van der Waals surface area contributed by atoms with Crippen molar-refractivity contribution in [3.63, 3.8) is 0 Å². The van der Waals surface area contributed by atoms with Gasteiger partial charge < -0.3 is 16.0 Å². The summed E-state index contributed by atoms with van der Waals surface area (Å²) in [5, 5.41) is 8.74. The molecule has 3 rings (SSSR count). The van der Waals surface area contributed by atoms with E-state index in [-0.39, 0.29) is 35.8 Å². The average Bonchev–Trinajstić information content (AvgIpc) is 2.70. The van der Waals surface area contributed by atoms with Gasteiger partial charge in [-0.15, -0.1) is 0 Å². The molecule has 3 N–H and O–H groups in total. The van der Waals surface area contributed by atoms with Gasteiger partial charge in [-0.1, -0.05) is 19.8 Å². The maximum atomic E-state index is 13.2. The summed E-state index contributed by atoms with van der Waals surface area (Å²) in [5.41, 5.74) is -0.824. The molecule has 25 heavy (non-hydrogen) atoms. The first-order valence-corrected chi connectivity index (χ1v) is 9.35. The van der Waals surface area contributed by atoms with Crippen LogP contribution in [0.2, 0.25) is 0 Å². The van der Waals surface area contributed by atoms with Gasteiger partial charge in [0, 0.05) is 24.8 Å². The van der Waals surface area contributed by atoms with Gasteiger partial charge >= 0.3 is 0 Å². The molecule has 0 aromatic heterocycles. The summed E-state index contributed by atoms with van der Waals surface area (Å²) < 4.78 is 0. The summed E-state index contributed by atoms with van der Waals surface area (Å²) in [5.74, 6) is -0.475. The number of hydrogen-bond donors (Lipinski definition) is 3. The van der Waals surface area contributed by atoms with E-state index in [0.29, 0.717) is 32.2 Å². The van der Waals surface area contributed by atoms with Gasteiger partial charge in [0.05, 0.1) is 12.1 Å². The summed E-state index contributed by atoms with van der Waals surface area (Å²) in [7, 11) is 0. The standard InChI is InChI=1S/C18H27N3O4/c1-2-3-5-11-17(25)21-13(10-19-11)16(24)18-7-4-6-14(22)12(8-18)20-15(23)9-18/h11-13,19H,2-10H2,1H3,(H,20,23)(H,21,25)/t11-,12+,13+,18?/m0/s1. The van der Waals surface area contributed by atoms with Crippen molar-refractivity contribution in [1.82, 2.24) is 16.0 Å². The lowest BCUT2D eigenvalue weighted by molar-refractivity contribution is -0.144. The number of piperazine rings is 1. The maximum Gasteiger partial charge on any atom is 0.237 e. The lowest BCUT2D eigenvalue weighted by Gasteiger charge is -2.41. The van der Waals surface area contributed by atoms with Gasteiger partial charge in [-0.3, -0.25) is 19.2 Å². The highest BCUT2D eigenvalue weighted by atomic mass is 16.2. The number of unbranched alkanes of at least 4 members (excludes halogenated alkanes) is 1. The van der Waals surface area contributed by atoms with Crippen LogP contribution in [0, 0.1) is 5.41 Å². The van der Waals surface area contributed by atoms with Crippen LogP contribution in [0.15, 0.2) is 0 Å². The van der Waals surface area contributed by atoms with Crippen LogP contribution < -0.4 is 16.0 Å². The number of nitrogens with one attached hydrogen (secondary N) is 3. The van der Waals surface area contributed by atoms with E-state index in [9.17, 15) is 19.2 Å². The Balaban J connectivity index is 1.72. The summed E-state index contributed by atoms with van der Waals surface area (Å²) in [6.45, 7) is 2.46. The molecule has 0 aromatic carbocycles. The third-order valence-electron chi connectivity index (χ3n) is 5.78. The summed E-state index contributed by atoms with van der Waals surface area (Å²) in [6, 6.07) is -1.43. The first-order valence-electron chi connectivity index (χ1n) is 9.35. The van der Waals surface area contributed by atoms with Crippen molar-refractivity contribution in [2.24, 2.45) is 5.41 Å². The molecule has 2 saturated heterocycles. The van der Waals surface area contributed by atoms with E-state index in [1.807, 2.05) is 0 Å². The molecule has 1 unspecified atom stereocenters. The SMILES string of the molecule is CCCC[C@@H]1NC[C@H](C(=O)C23CCCC(=O)[C@@H](C2)NC(=O)C3)NC1=O. The largest absolute Gasteiger partial charge is 0.346 e. The number of carbonyl (C=O) groups is 4. The molecule has 0 spiro atoms. The fourth-order valence-corrected chi connectivity index (χ4v) is 4.38. The number of ketones is 2. The lowest BCUT2D eigenvalue weighted by atomic mass is 9.68. The molecule has 2 bridgehead atoms. The number of carbonyl (C=O) groups excluding carboxylic acids is 4. The molecule has 3 fully saturated rings. The molecule has 3 aliphatic rings. The molecule has 0 aromatic rings. The number of fused-ring (bicyclic) bond motifs is 2. The Morgan fingerprint density at radius 3 is 2.76 bits per heavy atom. The van der Waals surface area contributed by atoms with Crippen molar-refractivity contribution in [2.75, 3.05) is 6.54 Å². The zero-order valence-corrected chi connectivity index (χ0v) is 14.7. The number of hydrogen-bond acceptors (Lipinski definition) is 5. The predicted octanol–water partition coefficient (Wildman–Crippen LogP) is 0.220. The molecule has 2 heterocycles. The van der Waals surface area contributed by atoms with Crippen LogP contribution in [0.5, 0.6) is 0 Å². The summed E-state index contributed by atoms with van der Waals surface area (Å²) >= 11 is 0. The monoisotopic (exact) mass is 349 g/mol. The quantitative estimate of drug-likeness (QED) is 0.659. The van der Waals surface area contributed by atoms with Crippen molar-refractivity contribution >= 4 is 23.4 Å². The lowest BCUT2D eigenvalue weighted by Crippen LogP contribution is -2.64. The minimum Gasteiger partial charge on any atom is -0.346 e. The van der Waals surface area contributed by atoms with Gasteiger partial charge in [-0.05, 0) is 25.7 Å². The highest BCUT2D eigenvalue weighted by Gasteiger charge is 2.51. The highest BCUT2D eigenvalue weighted by Crippen LogP contribution is 2.41. The zero-order valence-electron chi connectivity index (χ0n) is 14.7. The van der Waals surface area contributed by atoms with Gasteiger partial charge in [0.1, 0.15) is 6.04 Å². The Kier molecular flexibility index (Phi) is 5.22. The van der Waals surface area contributed by atoms with Crippen LogP contribution >= 0.6 is 0 Å². The van der Waals surface area contributed by atoms with Crippen LogP contribution in [0.25, 0.3) is 0 Å². The Hall–Kier alpha value is -1.76. The summed E-state index contributed by atoms with van der Waals surface area (Å²) in [6.07, 6.45) is 4.75. The van der Waals surface area contributed by atoms with E-state index in [1.165, 1.54) is 0 Å². The van der Waals surface area contributed by atoms with Crippen molar-refractivity contribution in [1.29, 1.82) is 0 Å². The minimum absolute atomic E-state index is 0.00755. The molecule has 138 valence electrons. The van der Waals surface area contributed by atoms with Gasteiger partial charge in [0.2, 0.25) is 11.8 Å². The van der Waals surface area contributed by atoms with E-state index in [4.69, 9.17) is 0 Å². The normalized spacial score (nSPS) is 35.6. The third kappa shape index (κ3) is 3.61. The van der Waals surface area contributed by atoms with Crippen LogP contribution in [-0.4, -0.2) is 48.1 Å². The maximum absolute atomic E-state index is 13.2. The van der Waals surface area contributed by atoms with E-state index >= 15 is 0 Å². The number of amides is 2. The molecule has 7 heteroatoms. The van der Waals surface area contributed by atoms with Gasteiger partial charge in [-0.25, -0.2) is 0 Å². The van der Waals surface area contributed by atoms with Gasteiger partial charge in [-0.2, -0.15) is 0 Å². The van der Waals surface area contributed by atoms with Gasteiger partial charge in [0.15, 0.2) is 11.6 Å². The zero-order chi connectivity index (χ0) is 18.0. The second-order valence-corrected chi connectivity index (χ2v) is 7.63. The second kappa shape index (κ2) is 7.23. The Morgan fingerprint density at radius 2 is 2.04 bits per heavy atom. The van der Waals surface area contributed by atoms with Gasteiger partial charge in [0.25, 0.3) is 0 Å². The average molecular weight is 349 g/mol. The molecule has 1 saturated carbocycles. The van der Waals surface area contributed by atoms with Crippen LogP contribution in [0.4, 0.5) is 0 Å². The molecule has 7 nitrogen and oxygen atoms in total. The molecule has 4 atom stereocenters. The molecule has 0 radical (unpaired) electrons. The van der Waals surface area contributed by atoms with Crippen LogP contribution in [0.1, 0.15) is 58.3 Å². The Labute approximate surface area is 147 Å². The van der Waals surface area contributed by atoms with E-state index < -0.39 is 17.5 Å². The Bertz CT molecular complexity index is 591. The molecular formula is C18H27N3O4. The highest BCUT2D eigenvalue weighted by molar-refractivity contribution is 6.01. The first-order chi connectivity index (χ1) is 11.9. The first kappa shape index (κ1) is 18.0. The van der Waals surface area contributed by atoms with E-state index in [1.54, 1.807) is 0 Å². The smallest absolute Gasteiger partial charge is 0.237 e.